The maximum atomic E-state index is 13.0. The number of hydrogen-bond acceptors (Lipinski definition) is 3. The molecule has 2 rings (SSSR count). The second-order valence-corrected chi connectivity index (χ2v) is 9.21. The van der Waals surface area contributed by atoms with Gasteiger partial charge in [-0.15, -0.1) is 0 Å². The lowest BCUT2D eigenvalue weighted by atomic mass is 9.68. The lowest BCUT2D eigenvalue weighted by Crippen LogP contribution is -2.35. The van der Waals surface area contributed by atoms with Gasteiger partial charge in [-0.05, 0) is 40.7 Å². The highest BCUT2D eigenvalue weighted by Crippen LogP contribution is 2.43. The molecular formula is C22H31NO2. The van der Waals surface area contributed by atoms with Crippen LogP contribution < -0.4 is 4.90 Å². The average Bonchev–Trinajstić information content (AvgIpc) is 2.47. The first-order valence-corrected chi connectivity index (χ1v) is 8.77. The van der Waals surface area contributed by atoms with E-state index in [1.54, 1.807) is 12.2 Å². The van der Waals surface area contributed by atoms with Gasteiger partial charge in [-0.3, -0.25) is 4.79 Å². The van der Waals surface area contributed by atoms with Crippen LogP contribution in [0.5, 0.6) is 0 Å². The van der Waals surface area contributed by atoms with Crippen molar-refractivity contribution >= 4 is 11.5 Å². The number of nitrogens with zero attached hydrogens (tertiary/aromatic N) is 1. The number of benzene rings is 1. The third-order valence-electron chi connectivity index (χ3n) is 4.68. The number of allylic oxidation sites excluding steroid dienone is 2. The summed E-state index contributed by atoms with van der Waals surface area (Å²) in [7, 11) is 3.97. The molecule has 1 aliphatic carbocycles. The van der Waals surface area contributed by atoms with Gasteiger partial charge >= 0.3 is 0 Å². The average molecular weight is 341 g/mol. The molecule has 3 nitrogen and oxygen atoms in total. The summed E-state index contributed by atoms with van der Waals surface area (Å²) in [6.45, 7) is 12.1. The van der Waals surface area contributed by atoms with Crippen molar-refractivity contribution in [2.24, 2.45) is 10.8 Å². The highest BCUT2D eigenvalue weighted by molar-refractivity contribution is 6.11. The fourth-order valence-electron chi connectivity index (χ4n) is 3.07. The quantitative estimate of drug-likeness (QED) is 0.863. The Hall–Kier alpha value is -1.87. The molecule has 0 atom stereocenters. The number of hydrogen-bond donors (Lipinski definition) is 1. The van der Waals surface area contributed by atoms with E-state index in [0.717, 1.165) is 11.3 Å². The Balaban J connectivity index is 2.64. The molecule has 3 heteroatoms. The lowest BCUT2D eigenvalue weighted by Gasteiger charge is -2.37. The van der Waals surface area contributed by atoms with Crippen molar-refractivity contribution in [1.82, 2.24) is 0 Å². The van der Waals surface area contributed by atoms with E-state index in [-0.39, 0.29) is 16.6 Å². The summed E-state index contributed by atoms with van der Waals surface area (Å²) in [6.07, 6.45) is 3.46. The zero-order valence-corrected chi connectivity index (χ0v) is 16.8. The number of rotatable bonds is 2. The first-order chi connectivity index (χ1) is 11.3. The molecule has 0 fully saturated rings. The molecule has 1 aromatic carbocycles. The van der Waals surface area contributed by atoms with E-state index in [2.05, 4.69) is 0 Å². The Morgan fingerprint density at radius 2 is 1.24 bits per heavy atom. The molecule has 25 heavy (non-hydrogen) atoms. The van der Waals surface area contributed by atoms with Crippen LogP contribution in [-0.2, 0) is 10.4 Å². The molecule has 0 spiro atoms. The molecule has 0 amide bonds. The number of carbonyl (C=O) groups excluding carboxylic acids is 1. The van der Waals surface area contributed by atoms with Gasteiger partial charge in [-0.1, -0.05) is 53.7 Å². The van der Waals surface area contributed by atoms with Crippen molar-refractivity contribution in [1.29, 1.82) is 0 Å². The van der Waals surface area contributed by atoms with Gasteiger partial charge in [0, 0.05) is 30.9 Å². The van der Waals surface area contributed by atoms with E-state index in [1.165, 1.54) is 0 Å². The second-order valence-electron chi connectivity index (χ2n) is 9.21. The van der Waals surface area contributed by atoms with Crippen LogP contribution in [0.1, 0.15) is 47.1 Å². The Labute approximate surface area is 152 Å². The van der Waals surface area contributed by atoms with Crippen LogP contribution in [0.25, 0.3) is 0 Å². The molecule has 0 radical (unpaired) electrons. The molecule has 136 valence electrons. The van der Waals surface area contributed by atoms with E-state index in [9.17, 15) is 9.90 Å². The van der Waals surface area contributed by atoms with E-state index < -0.39 is 5.60 Å². The molecular weight excluding hydrogens is 310 g/mol. The standard InChI is InChI=1S/C22H31NO2/c1-20(2,3)17-13-22(25,14-18(19(17)24)21(4,5)6)15-9-11-16(12-10-15)23(7)8/h9-14,25H,1-8H3. The minimum atomic E-state index is -1.27. The van der Waals surface area contributed by atoms with Crippen LogP contribution in [0.4, 0.5) is 5.69 Å². The van der Waals surface area contributed by atoms with Gasteiger partial charge in [0.15, 0.2) is 5.78 Å². The van der Waals surface area contributed by atoms with Crippen LogP contribution >= 0.6 is 0 Å². The largest absolute Gasteiger partial charge is 0.378 e. The Kier molecular flexibility index (Phi) is 4.77. The van der Waals surface area contributed by atoms with Crippen LogP contribution in [0.3, 0.4) is 0 Å². The van der Waals surface area contributed by atoms with E-state index in [0.29, 0.717) is 11.1 Å². The number of Topliss-reactive ketones (excluding diaryl/α,β-unsaturated/α-hetero) is 1. The summed E-state index contributed by atoms with van der Waals surface area (Å²) >= 11 is 0. The fourth-order valence-corrected chi connectivity index (χ4v) is 3.07. The van der Waals surface area contributed by atoms with Gasteiger partial charge in [0.05, 0.1) is 0 Å². The van der Waals surface area contributed by atoms with Gasteiger partial charge in [-0.25, -0.2) is 0 Å². The SMILES string of the molecule is CN(C)c1ccc(C2(O)C=C(C(C)(C)C)C(=O)C(C(C)(C)C)=C2)cc1. The molecule has 0 aromatic heterocycles. The number of anilines is 1. The van der Waals surface area contributed by atoms with Crippen molar-refractivity contribution in [2.45, 2.75) is 47.1 Å². The summed E-state index contributed by atoms with van der Waals surface area (Å²) in [4.78, 5) is 15.0. The van der Waals surface area contributed by atoms with E-state index >= 15 is 0 Å². The van der Waals surface area contributed by atoms with Crippen molar-refractivity contribution in [2.75, 3.05) is 19.0 Å². The summed E-state index contributed by atoms with van der Waals surface area (Å²) in [5, 5.41) is 11.4. The molecule has 0 aliphatic heterocycles. The summed E-state index contributed by atoms with van der Waals surface area (Å²) in [6, 6.07) is 7.83. The zero-order chi connectivity index (χ0) is 19.2. The molecule has 0 unspecified atom stereocenters. The number of carbonyl (C=O) groups is 1. The van der Waals surface area contributed by atoms with E-state index in [1.807, 2.05) is 84.8 Å². The van der Waals surface area contributed by atoms with Crippen molar-refractivity contribution in [3.05, 3.63) is 53.1 Å². The highest BCUT2D eigenvalue weighted by atomic mass is 16.3. The van der Waals surface area contributed by atoms with Crippen LogP contribution in [-0.4, -0.2) is 25.0 Å². The van der Waals surface area contributed by atoms with Gasteiger partial charge in [0.25, 0.3) is 0 Å². The minimum absolute atomic E-state index is 0.0367. The molecule has 1 N–H and O–H groups in total. The van der Waals surface area contributed by atoms with Gasteiger partial charge < -0.3 is 10.0 Å². The molecule has 1 aromatic rings. The maximum absolute atomic E-state index is 13.0. The lowest BCUT2D eigenvalue weighted by molar-refractivity contribution is -0.114. The predicted molar refractivity (Wildman–Crippen MR) is 105 cm³/mol. The molecule has 1 aliphatic rings. The third kappa shape index (κ3) is 3.87. The maximum Gasteiger partial charge on any atom is 0.185 e. The molecule has 0 saturated heterocycles. The Bertz CT molecular complexity index is 689. The summed E-state index contributed by atoms with van der Waals surface area (Å²) in [5.74, 6) is 0.0367. The number of ketones is 1. The number of aliphatic hydroxyl groups is 1. The topological polar surface area (TPSA) is 40.5 Å². The zero-order valence-electron chi connectivity index (χ0n) is 16.8. The monoisotopic (exact) mass is 341 g/mol. The smallest absolute Gasteiger partial charge is 0.185 e. The van der Waals surface area contributed by atoms with Crippen LogP contribution in [0, 0.1) is 10.8 Å². The Morgan fingerprint density at radius 1 is 0.840 bits per heavy atom. The van der Waals surface area contributed by atoms with Gasteiger partial charge in [-0.2, -0.15) is 0 Å². The molecule has 0 bridgehead atoms. The van der Waals surface area contributed by atoms with Crippen LogP contribution in [0.15, 0.2) is 47.6 Å². The summed E-state index contributed by atoms with van der Waals surface area (Å²) in [5.41, 5.74) is 1.23. The third-order valence-corrected chi connectivity index (χ3v) is 4.68. The minimum Gasteiger partial charge on any atom is -0.378 e. The van der Waals surface area contributed by atoms with Gasteiger partial charge in [0.2, 0.25) is 0 Å². The van der Waals surface area contributed by atoms with E-state index in [4.69, 9.17) is 0 Å². The first-order valence-electron chi connectivity index (χ1n) is 8.77. The van der Waals surface area contributed by atoms with Crippen molar-refractivity contribution in [3.8, 4) is 0 Å². The molecule has 0 heterocycles. The van der Waals surface area contributed by atoms with Crippen LogP contribution in [0.2, 0.25) is 0 Å². The van der Waals surface area contributed by atoms with Crippen molar-refractivity contribution < 1.29 is 9.90 Å². The molecule has 0 saturated carbocycles. The Morgan fingerprint density at radius 3 is 1.56 bits per heavy atom. The first kappa shape index (κ1) is 19.5. The second kappa shape index (κ2) is 6.14. The summed E-state index contributed by atoms with van der Waals surface area (Å²) < 4.78 is 0. The van der Waals surface area contributed by atoms with Gasteiger partial charge in [0.1, 0.15) is 5.60 Å². The van der Waals surface area contributed by atoms with Crippen molar-refractivity contribution in [3.63, 3.8) is 0 Å². The predicted octanol–water partition coefficient (Wildman–Crippen LogP) is 4.47. The normalized spacial score (nSPS) is 17.9. The highest BCUT2D eigenvalue weighted by Gasteiger charge is 2.40. The fraction of sp³-hybridized carbons (Fsp3) is 0.500.